The van der Waals surface area contributed by atoms with Crippen molar-refractivity contribution in [3.63, 3.8) is 0 Å². The molecule has 1 spiro atoms. The highest BCUT2D eigenvalue weighted by Crippen LogP contribution is 2.54. The van der Waals surface area contributed by atoms with Gasteiger partial charge in [-0.1, -0.05) is 68.4 Å². The summed E-state index contributed by atoms with van der Waals surface area (Å²) < 4.78 is 0. The Hall–Kier alpha value is -3.51. The molecule has 0 aliphatic carbocycles. The first-order valence-corrected chi connectivity index (χ1v) is 11.0. The maximum absolute atomic E-state index is 14.0. The van der Waals surface area contributed by atoms with Gasteiger partial charge in [-0.3, -0.25) is 19.7 Å². The highest BCUT2D eigenvalue weighted by atomic mass is 16.2. The van der Waals surface area contributed by atoms with E-state index in [1.807, 2.05) is 80.6 Å². The molecule has 3 amide bonds. The standard InChI is InChI=1S/C26H23N3O3/c1-14(2)22-20-21(26(28-22)17-11-5-6-12-18(17)27-25(26)32)24(31)29(23(20)30)19-13-7-9-15-8-3-4-10-16(15)19/h3-14,20-22,28H,1-2H3,(H,27,32)/t20-,21+,22-,26-/m0/s1. The molecular formula is C26H23N3O3. The second-order valence-corrected chi connectivity index (χ2v) is 9.24. The number of anilines is 2. The number of benzene rings is 3. The number of carbonyl (C=O) groups is 3. The predicted molar refractivity (Wildman–Crippen MR) is 122 cm³/mol. The molecule has 6 nitrogen and oxygen atoms in total. The van der Waals surface area contributed by atoms with Crippen molar-refractivity contribution in [2.45, 2.75) is 25.4 Å². The third kappa shape index (κ3) is 2.25. The lowest BCUT2D eigenvalue weighted by molar-refractivity contribution is -0.130. The third-order valence-electron chi connectivity index (χ3n) is 7.28. The summed E-state index contributed by atoms with van der Waals surface area (Å²) in [5.41, 5.74) is 0.764. The number of rotatable bonds is 2. The highest BCUT2D eigenvalue weighted by Gasteiger charge is 2.71. The molecule has 32 heavy (non-hydrogen) atoms. The lowest BCUT2D eigenvalue weighted by atomic mass is 9.76. The number of carbonyl (C=O) groups excluding carboxylic acids is 3. The summed E-state index contributed by atoms with van der Waals surface area (Å²) in [5, 5.41) is 8.20. The summed E-state index contributed by atoms with van der Waals surface area (Å²) in [4.78, 5) is 42.6. The van der Waals surface area contributed by atoms with Crippen molar-refractivity contribution < 1.29 is 14.4 Å². The smallest absolute Gasteiger partial charge is 0.250 e. The van der Waals surface area contributed by atoms with Gasteiger partial charge >= 0.3 is 0 Å². The molecule has 0 radical (unpaired) electrons. The maximum Gasteiger partial charge on any atom is 0.250 e. The van der Waals surface area contributed by atoms with Gasteiger partial charge in [-0.05, 0) is 23.4 Å². The first-order chi connectivity index (χ1) is 15.4. The van der Waals surface area contributed by atoms with E-state index >= 15 is 0 Å². The van der Waals surface area contributed by atoms with E-state index in [0.29, 0.717) is 11.4 Å². The number of fused-ring (bicyclic) bond motifs is 5. The zero-order valence-electron chi connectivity index (χ0n) is 17.8. The van der Waals surface area contributed by atoms with Crippen LogP contribution in [-0.2, 0) is 19.9 Å². The molecule has 6 rings (SSSR count). The van der Waals surface area contributed by atoms with Crippen LogP contribution in [0.25, 0.3) is 10.8 Å². The predicted octanol–water partition coefficient (Wildman–Crippen LogP) is 3.42. The highest BCUT2D eigenvalue weighted by molar-refractivity contribution is 6.28. The van der Waals surface area contributed by atoms with Gasteiger partial charge in [0.1, 0.15) is 5.54 Å². The summed E-state index contributed by atoms with van der Waals surface area (Å²) in [6.45, 7) is 4.04. The molecule has 0 bridgehead atoms. The SMILES string of the molecule is CC(C)[C@@H]1N[C@]2(C(=O)Nc3ccccc32)[C@H]2C(=O)N(c3cccc4ccccc34)C(=O)[C@H]12. The monoisotopic (exact) mass is 425 g/mol. The van der Waals surface area contributed by atoms with Crippen LogP contribution in [0.5, 0.6) is 0 Å². The lowest BCUT2D eigenvalue weighted by Crippen LogP contribution is -2.54. The van der Waals surface area contributed by atoms with E-state index in [9.17, 15) is 14.4 Å². The first kappa shape index (κ1) is 19.2. The van der Waals surface area contributed by atoms with Crippen LogP contribution in [0.1, 0.15) is 19.4 Å². The molecule has 2 fully saturated rings. The van der Waals surface area contributed by atoms with E-state index in [0.717, 1.165) is 16.3 Å². The zero-order chi connectivity index (χ0) is 22.2. The van der Waals surface area contributed by atoms with Gasteiger partial charge in [0.25, 0.3) is 0 Å². The molecule has 3 aromatic rings. The van der Waals surface area contributed by atoms with Crippen LogP contribution < -0.4 is 15.5 Å². The Balaban J connectivity index is 1.56. The quantitative estimate of drug-likeness (QED) is 0.617. The molecule has 4 atom stereocenters. The molecule has 0 aromatic heterocycles. The Bertz CT molecular complexity index is 1310. The van der Waals surface area contributed by atoms with Gasteiger partial charge in [-0.15, -0.1) is 0 Å². The molecular weight excluding hydrogens is 402 g/mol. The third-order valence-corrected chi connectivity index (χ3v) is 7.28. The number of nitrogens with zero attached hydrogens (tertiary/aromatic N) is 1. The van der Waals surface area contributed by atoms with E-state index in [2.05, 4.69) is 10.6 Å². The topological polar surface area (TPSA) is 78.5 Å². The van der Waals surface area contributed by atoms with E-state index in [-0.39, 0.29) is 29.7 Å². The molecule has 6 heteroatoms. The molecule has 0 unspecified atom stereocenters. The van der Waals surface area contributed by atoms with Crippen molar-refractivity contribution in [2.75, 3.05) is 10.2 Å². The molecule has 160 valence electrons. The Labute approximate surface area is 185 Å². The number of imide groups is 1. The minimum Gasteiger partial charge on any atom is -0.324 e. The summed E-state index contributed by atoms with van der Waals surface area (Å²) >= 11 is 0. The van der Waals surface area contributed by atoms with E-state index < -0.39 is 17.4 Å². The van der Waals surface area contributed by atoms with Crippen LogP contribution in [0.15, 0.2) is 66.7 Å². The number of nitrogens with one attached hydrogen (secondary N) is 2. The lowest BCUT2D eigenvalue weighted by Gasteiger charge is -2.30. The molecule has 2 saturated heterocycles. The number of para-hydroxylation sites is 1. The molecule has 3 aliphatic heterocycles. The van der Waals surface area contributed by atoms with Crippen LogP contribution in [0.4, 0.5) is 11.4 Å². The second-order valence-electron chi connectivity index (χ2n) is 9.24. The Morgan fingerprint density at radius 2 is 1.59 bits per heavy atom. The van der Waals surface area contributed by atoms with Crippen molar-refractivity contribution in [3.05, 3.63) is 72.3 Å². The fraction of sp³-hybridized carbons (Fsp3) is 0.269. The first-order valence-electron chi connectivity index (χ1n) is 11.0. The van der Waals surface area contributed by atoms with Crippen LogP contribution in [0.2, 0.25) is 0 Å². The Morgan fingerprint density at radius 1 is 0.875 bits per heavy atom. The summed E-state index contributed by atoms with van der Waals surface area (Å²) in [5.74, 6) is -2.18. The van der Waals surface area contributed by atoms with Crippen LogP contribution in [0.3, 0.4) is 0 Å². The Morgan fingerprint density at radius 3 is 2.41 bits per heavy atom. The average molecular weight is 425 g/mol. The minimum atomic E-state index is -1.25. The molecule has 3 heterocycles. The van der Waals surface area contributed by atoms with Crippen molar-refractivity contribution in [1.29, 1.82) is 0 Å². The van der Waals surface area contributed by atoms with Gasteiger partial charge in [-0.2, -0.15) is 0 Å². The number of hydrogen-bond acceptors (Lipinski definition) is 4. The van der Waals surface area contributed by atoms with Crippen LogP contribution in [-0.4, -0.2) is 23.8 Å². The van der Waals surface area contributed by atoms with Gasteiger partial charge in [0, 0.05) is 22.7 Å². The van der Waals surface area contributed by atoms with Gasteiger partial charge in [-0.25, -0.2) is 4.90 Å². The summed E-state index contributed by atoms with van der Waals surface area (Å²) in [7, 11) is 0. The van der Waals surface area contributed by atoms with Gasteiger partial charge < -0.3 is 5.32 Å². The molecule has 2 N–H and O–H groups in total. The maximum atomic E-state index is 14.0. The van der Waals surface area contributed by atoms with E-state index in [1.165, 1.54) is 4.90 Å². The average Bonchev–Trinajstić information content (AvgIpc) is 3.38. The fourth-order valence-corrected chi connectivity index (χ4v) is 5.90. The van der Waals surface area contributed by atoms with Crippen molar-refractivity contribution in [1.82, 2.24) is 5.32 Å². The molecule has 3 aromatic carbocycles. The van der Waals surface area contributed by atoms with Gasteiger partial charge in [0.15, 0.2) is 0 Å². The van der Waals surface area contributed by atoms with Crippen molar-refractivity contribution in [3.8, 4) is 0 Å². The van der Waals surface area contributed by atoms with E-state index in [1.54, 1.807) is 0 Å². The van der Waals surface area contributed by atoms with Gasteiger partial charge in [0.2, 0.25) is 17.7 Å². The molecule has 0 saturated carbocycles. The summed E-state index contributed by atoms with van der Waals surface area (Å²) in [6, 6.07) is 20.5. The number of amides is 3. The molecule has 3 aliphatic rings. The normalized spacial score (nSPS) is 28.7. The van der Waals surface area contributed by atoms with Crippen LogP contribution in [0, 0.1) is 17.8 Å². The summed E-state index contributed by atoms with van der Waals surface area (Å²) in [6.07, 6.45) is 0. The second kappa shape index (κ2) is 6.50. The largest absolute Gasteiger partial charge is 0.324 e. The fourth-order valence-electron chi connectivity index (χ4n) is 5.90. The van der Waals surface area contributed by atoms with E-state index in [4.69, 9.17) is 0 Å². The Kier molecular flexibility index (Phi) is 3.90. The minimum absolute atomic E-state index is 0.0617. The zero-order valence-corrected chi connectivity index (χ0v) is 17.8. The van der Waals surface area contributed by atoms with Crippen molar-refractivity contribution >= 4 is 39.9 Å². The van der Waals surface area contributed by atoms with Crippen molar-refractivity contribution in [2.24, 2.45) is 17.8 Å². The van der Waals surface area contributed by atoms with Crippen LogP contribution >= 0.6 is 0 Å². The number of hydrogen-bond donors (Lipinski definition) is 2. The van der Waals surface area contributed by atoms with Gasteiger partial charge in [0.05, 0.1) is 17.5 Å².